The molecule has 112 valence electrons. The molecule has 1 amide bonds. The highest BCUT2D eigenvalue weighted by molar-refractivity contribution is 6.04. The summed E-state index contributed by atoms with van der Waals surface area (Å²) in [5.41, 5.74) is 5.23. The lowest BCUT2D eigenvalue weighted by Crippen LogP contribution is -2.15. The molecule has 4 nitrogen and oxygen atoms in total. The zero-order valence-electron chi connectivity index (χ0n) is 13.1. The second-order valence-corrected chi connectivity index (χ2v) is 5.49. The molecule has 22 heavy (non-hydrogen) atoms. The summed E-state index contributed by atoms with van der Waals surface area (Å²) >= 11 is 0. The second kappa shape index (κ2) is 5.64. The number of anilines is 1. The number of nitrogens with zero attached hydrogens (tertiary/aromatic N) is 2. The zero-order chi connectivity index (χ0) is 15.7. The van der Waals surface area contributed by atoms with Crippen LogP contribution in [-0.2, 0) is 6.42 Å². The van der Waals surface area contributed by atoms with Gasteiger partial charge in [0.05, 0.1) is 5.69 Å². The molecule has 4 heteroatoms. The number of nitrogens with one attached hydrogen (secondary N) is 1. The van der Waals surface area contributed by atoms with Crippen molar-refractivity contribution < 1.29 is 4.79 Å². The molecule has 0 atom stereocenters. The van der Waals surface area contributed by atoms with Crippen LogP contribution in [0, 0.1) is 13.8 Å². The molecule has 0 saturated heterocycles. The van der Waals surface area contributed by atoms with Crippen molar-refractivity contribution in [3.05, 3.63) is 65.1 Å². The number of pyridine rings is 1. The van der Waals surface area contributed by atoms with Crippen molar-refractivity contribution >= 4 is 17.2 Å². The van der Waals surface area contributed by atoms with E-state index in [1.165, 1.54) is 5.56 Å². The van der Waals surface area contributed by atoms with E-state index in [1.54, 1.807) is 0 Å². The molecule has 1 aromatic carbocycles. The van der Waals surface area contributed by atoms with Crippen molar-refractivity contribution in [2.24, 2.45) is 0 Å². The number of hydrogen-bond acceptors (Lipinski definition) is 2. The largest absolute Gasteiger partial charge is 0.321 e. The van der Waals surface area contributed by atoms with Gasteiger partial charge in [0.2, 0.25) is 0 Å². The summed E-state index contributed by atoms with van der Waals surface area (Å²) in [6.45, 7) is 5.97. The lowest BCUT2D eigenvalue weighted by molar-refractivity contribution is 0.102. The zero-order valence-corrected chi connectivity index (χ0v) is 13.1. The van der Waals surface area contributed by atoms with Crippen LogP contribution < -0.4 is 5.32 Å². The fraction of sp³-hybridized carbons (Fsp3) is 0.222. The van der Waals surface area contributed by atoms with Crippen LogP contribution in [-0.4, -0.2) is 15.3 Å². The Balaban J connectivity index is 1.94. The molecule has 0 aliphatic carbocycles. The standard InChI is InChI=1S/C18H19N3O/c1-4-14-6-8-15(9-7-14)20-18(22)17-13(3)19-16-10-5-12(2)11-21(16)17/h5-11H,4H2,1-3H3,(H,20,22). The Morgan fingerprint density at radius 1 is 1.14 bits per heavy atom. The van der Waals surface area contributed by atoms with Crippen molar-refractivity contribution in [2.45, 2.75) is 27.2 Å². The first-order valence-electron chi connectivity index (χ1n) is 7.44. The van der Waals surface area contributed by atoms with Gasteiger partial charge in [0.1, 0.15) is 11.3 Å². The maximum Gasteiger partial charge on any atom is 0.274 e. The van der Waals surface area contributed by atoms with Gasteiger partial charge in [-0.25, -0.2) is 4.98 Å². The molecule has 3 rings (SSSR count). The predicted molar refractivity (Wildman–Crippen MR) is 88.4 cm³/mol. The quantitative estimate of drug-likeness (QED) is 0.799. The van der Waals surface area contributed by atoms with Crippen LogP contribution in [0.1, 0.15) is 34.2 Å². The SMILES string of the molecule is CCc1ccc(NC(=O)c2c(C)nc3ccc(C)cn23)cc1. The van der Waals surface area contributed by atoms with Gasteiger partial charge in [-0.1, -0.05) is 25.1 Å². The molecular weight excluding hydrogens is 274 g/mol. The van der Waals surface area contributed by atoms with Crippen LogP contribution in [0.5, 0.6) is 0 Å². The highest BCUT2D eigenvalue weighted by Gasteiger charge is 2.16. The third-order valence-corrected chi connectivity index (χ3v) is 3.78. The molecule has 3 aromatic rings. The van der Waals surface area contributed by atoms with Gasteiger partial charge in [0.15, 0.2) is 0 Å². The lowest BCUT2D eigenvalue weighted by Gasteiger charge is -2.07. The Labute approximate surface area is 129 Å². The van der Waals surface area contributed by atoms with Gasteiger partial charge in [-0.2, -0.15) is 0 Å². The molecule has 0 fully saturated rings. The van der Waals surface area contributed by atoms with E-state index in [9.17, 15) is 4.79 Å². The lowest BCUT2D eigenvalue weighted by atomic mass is 10.1. The summed E-state index contributed by atoms with van der Waals surface area (Å²) < 4.78 is 1.85. The van der Waals surface area contributed by atoms with Gasteiger partial charge in [-0.05, 0) is 49.6 Å². The van der Waals surface area contributed by atoms with Crippen molar-refractivity contribution in [1.29, 1.82) is 0 Å². The summed E-state index contributed by atoms with van der Waals surface area (Å²) in [6.07, 6.45) is 2.92. The number of aromatic nitrogens is 2. The Hall–Kier alpha value is -2.62. The van der Waals surface area contributed by atoms with Gasteiger partial charge in [0.25, 0.3) is 5.91 Å². The maximum absolute atomic E-state index is 12.6. The number of amides is 1. The van der Waals surface area contributed by atoms with E-state index < -0.39 is 0 Å². The fourth-order valence-corrected chi connectivity index (χ4v) is 2.56. The average molecular weight is 293 g/mol. The van der Waals surface area contributed by atoms with E-state index in [0.717, 1.165) is 29.0 Å². The van der Waals surface area contributed by atoms with Gasteiger partial charge in [0, 0.05) is 11.9 Å². The number of hydrogen-bond donors (Lipinski definition) is 1. The summed E-state index contributed by atoms with van der Waals surface area (Å²) in [6, 6.07) is 11.8. The van der Waals surface area contributed by atoms with Crippen molar-refractivity contribution in [1.82, 2.24) is 9.38 Å². The molecule has 0 bridgehead atoms. The fourth-order valence-electron chi connectivity index (χ4n) is 2.56. The smallest absolute Gasteiger partial charge is 0.274 e. The van der Waals surface area contributed by atoms with Crippen LogP contribution in [0.4, 0.5) is 5.69 Å². The normalized spacial score (nSPS) is 10.9. The number of carbonyl (C=O) groups is 1. The minimum atomic E-state index is -0.139. The first-order valence-corrected chi connectivity index (χ1v) is 7.44. The highest BCUT2D eigenvalue weighted by Crippen LogP contribution is 2.16. The van der Waals surface area contributed by atoms with Crippen LogP contribution in [0.2, 0.25) is 0 Å². The minimum Gasteiger partial charge on any atom is -0.321 e. The topological polar surface area (TPSA) is 46.4 Å². The Kier molecular flexibility index (Phi) is 3.67. The van der Waals surface area contributed by atoms with Gasteiger partial charge >= 0.3 is 0 Å². The van der Waals surface area contributed by atoms with Gasteiger partial charge < -0.3 is 5.32 Å². The summed E-state index contributed by atoms with van der Waals surface area (Å²) in [4.78, 5) is 17.1. The molecular formula is C18H19N3O. The van der Waals surface area contributed by atoms with E-state index >= 15 is 0 Å². The number of aryl methyl sites for hydroxylation is 3. The number of benzene rings is 1. The van der Waals surface area contributed by atoms with E-state index in [-0.39, 0.29) is 5.91 Å². The monoisotopic (exact) mass is 293 g/mol. The third kappa shape index (κ3) is 2.60. The molecule has 0 unspecified atom stereocenters. The molecule has 0 spiro atoms. The highest BCUT2D eigenvalue weighted by atomic mass is 16.2. The average Bonchev–Trinajstić information content (AvgIpc) is 2.83. The Morgan fingerprint density at radius 2 is 1.86 bits per heavy atom. The Morgan fingerprint density at radius 3 is 2.55 bits per heavy atom. The molecule has 1 N–H and O–H groups in total. The van der Waals surface area contributed by atoms with Gasteiger partial charge in [-0.3, -0.25) is 9.20 Å². The van der Waals surface area contributed by atoms with Crippen LogP contribution in [0.15, 0.2) is 42.6 Å². The van der Waals surface area contributed by atoms with E-state index in [0.29, 0.717) is 5.69 Å². The number of carbonyl (C=O) groups excluding carboxylic acids is 1. The summed E-state index contributed by atoms with van der Waals surface area (Å²) in [5.74, 6) is -0.139. The van der Waals surface area contributed by atoms with Crippen molar-refractivity contribution in [2.75, 3.05) is 5.32 Å². The molecule has 2 aromatic heterocycles. The van der Waals surface area contributed by atoms with Crippen molar-refractivity contribution in [3.8, 4) is 0 Å². The molecule has 0 aliphatic rings. The van der Waals surface area contributed by atoms with E-state index in [4.69, 9.17) is 0 Å². The summed E-state index contributed by atoms with van der Waals surface area (Å²) in [7, 11) is 0. The van der Waals surface area contributed by atoms with Crippen LogP contribution >= 0.6 is 0 Å². The van der Waals surface area contributed by atoms with Gasteiger partial charge in [-0.15, -0.1) is 0 Å². The molecule has 0 radical (unpaired) electrons. The number of fused-ring (bicyclic) bond motifs is 1. The summed E-state index contributed by atoms with van der Waals surface area (Å²) in [5, 5.41) is 2.95. The molecule has 0 aliphatic heterocycles. The van der Waals surface area contributed by atoms with E-state index in [1.807, 2.05) is 60.8 Å². The van der Waals surface area contributed by atoms with Crippen LogP contribution in [0.3, 0.4) is 0 Å². The van der Waals surface area contributed by atoms with Crippen LogP contribution in [0.25, 0.3) is 5.65 Å². The molecule has 2 heterocycles. The number of imidazole rings is 1. The minimum absolute atomic E-state index is 0.139. The number of rotatable bonds is 3. The first kappa shape index (κ1) is 14.3. The predicted octanol–water partition coefficient (Wildman–Crippen LogP) is 3.77. The maximum atomic E-state index is 12.6. The first-order chi connectivity index (χ1) is 10.6. The van der Waals surface area contributed by atoms with Crippen molar-refractivity contribution in [3.63, 3.8) is 0 Å². The van der Waals surface area contributed by atoms with E-state index in [2.05, 4.69) is 17.2 Å². The second-order valence-electron chi connectivity index (χ2n) is 5.49. The molecule has 0 saturated carbocycles. The third-order valence-electron chi connectivity index (χ3n) is 3.78. The Bertz CT molecular complexity index is 831.